The van der Waals surface area contributed by atoms with Crippen molar-refractivity contribution in [2.75, 3.05) is 19.5 Å². The average Bonchev–Trinajstić information content (AvgIpc) is 2.99. The summed E-state index contributed by atoms with van der Waals surface area (Å²) in [6, 6.07) is 9.07. The van der Waals surface area contributed by atoms with Crippen LogP contribution in [-0.2, 0) is 6.42 Å². The van der Waals surface area contributed by atoms with Crippen LogP contribution in [0.2, 0.25) is 0 Å². The van der Waals surface area contributed by atoms with Gasteiger partial charge in [-0.25, -0.2) is 0 Å². The van der Waals surface area contributed by atoms with Crippen molar-refractivity contribution in [3.63, 3.8) is 0 Å². The van der Waals surface area contributed by atoms with Crippen molar-refractivity contribution < 1.29 is 14.3 Å². The molecule has 0 spiro atoms. The van der Waals surface area contributed by atoms with Crippen LogP contribution in [0.15, 0.2) is 45.8 Å². The zero-order valence-electron chi connectivity index (χ0n) is 15.7. The van der Waals surface area contributed by atoms with E-state index in [1.807, 2.05) is 10.6 Å². The molecule has 0 aliphatic carbocycles. The van der Waals surface area contributed by atoms with Crippen molar-refractivity contribution in [3.8, 4) is 11.5 Å². The number of nitrogens with one attached hydrogen (secondary N) is 1. The van der Waals surface area contributed by atoms with Crippen molar-refractivity contribution in [1.29, 1.82) is 0 Å². The van der Waals surface area contributed by atoms with Gasteiger partial charge in [-0.1, -0.05) is 15.9 Å². The van der Waals surface area contributed by atoms with Crippen molar-refractivity contribution in [2.45, 2.75) is 19.4 Å². The van der Waals surface area contributed by atoms with Gasteiger partial charge in [-0.2, -0.15) is 0 Å². The molecule has 2 heterocycles. The second-order valence-electron chi connectivity index (χ2n) is 6.81. The maximum atomic E-state index is 13.1. The van der Waals surface area contributed by atoms with Crippen LogP contribution in [0.25, 0.3) is 10.9 Å². The van der Waals surface area contributed by atoms with Crippen LogP contribution in [-0.4, -0.2) is 24.7 Å². The number of amides is 1. The molecular weight excluding hydrogens is 424 g/mol. The molecule has 1 N–H and O–H groups in total. The van der Waals surface area contributed by atoms with Gasteiger partial charge >= 0.3 is 0 Å². The summed E-state index contributed by atoms with van der Waals surface area (Å²) in [6.45, 7) is 2.07. The highest BCUT2D eigenvalue weighted by atomic mass is 79.9. The molecule has 28 heavy (non-hydrogen) atoms. The average molecular weight is 443 g/mol. The zero-order valence-corrected chi connectivity index (χ0v) is 17.3. The fourth-order valence-corrected chi connectivity index (χ4v) is 4.23. The second-order valence-corrected chi connectivity index (χ2v) is 7.73. The van der Waals surface area contributed by atoms with Gasteiger partial charge in [0.2, 0.25) is 5.43 Å². The highest BCUT2D eigenvalue weighted by molar-refractivity contribution is 9.10. The van der Waals surface area contributed by atoms with Gasteiger partial charge < -0.3 is 19.4 Å². The van der Waals surface area contributed by atoms with Crippen LogP contribution in [0.3, 0.4) is 0 Å². The van der Waals surface area contributed by atoms with Crippen molar-refractivity contribution >= 4 is 38.4 Å². The zero-order chi connectivity index (χ0) is 20.0. The van der Waals surface area contributed by atoms with Crippen LogP contribution in [0.5, 0.6) is 11.5 Å². The Bertz CT molecular complexity index is 1170. The molecule has 0 radical (unpaired) electrons. The third kappa shape index (κ3) is 2.96. The van der Waals surface area contributed by atoms with Gasteiger partial charge in [0.15, 0.2) is 0 Å². The lowest BCUT2D eigenvalue weighted by Crippen LogP contribution is -2.24. The fourth-order valence-electron chi connectivity index (χ4n) is 3.72. The molecule has 1 aliphatic heterocycles. The number of aromatic nitrogens is 1. The van der Waals surface area contributed by atoms with Crippen molar-refractivity contribution in [3.05, 3.63) is 62.4 Å². The fraction of sp³-hybridized carbons (Fsp3) is 0.238. The monoisotopic (exact) mass is 442 g/mol. The van der Waals surface area contributed by atoms with Gasteiger partial charge in [0, 0.05) is 28.2 Å². The quantitative estimate of drug-likeness (QED) is 0.658. The van der Waals surface area contributed by atoms with E-state index >= 15 is 0 Å². The van der Waals surface area contributed by atoms with Gasteiger partial charge in [0.1, 0.15) is 17.1 Å². The molecule has 3 aromatic rings. The van der Waals surface area contributed by atoms with E-state index < -0.39 is 5.91 Å². The first kappa shape index (κ1) is 18.6. The molecule has 6 nitrogen and oxygen atoms in total. The molecule has 1 aliphatic rings. The second kappa shape index (κ2) is 6.98. The van der Waals surface area contributed by atoms with Crippen LogP contribution >= 0.6 is 15.9 Å². The Kier molecular flexibility index (Phi) is 4.63. The molecule has 1 aromatic heterocycles. The molecule has 0 saturated heterocycles. The number of ether oxygens (including phenoxy) is 2. The number of rotatable bonds is 4. The predicted molar refractivity (Wildman–Crippen MR) is 112 cm³/mol. The van der Waals surface area contributed by atoms with E-state index in [0.29, 0.717) is 22.6 Å². The van der Waals surface area contributed by atoms with E-state index in [9.17, 15) is 9.59 Å². The number of carbonyl (C=O) groups is 1. The van der Waals surface area contributed by atoms with Gasteiger partial charge in [-0.15, -0.1) is 0 Å². The number of carbonyl (C=O) groups excluding carboxylic acids is 1. The van der Waals surface area contributed by atoms with Gasteiger partial charge in [0.05, 0.1) is 25.4 Å². The predicted octanol–water partition coefficient (Wildman–Crippen LogP) is 4.15. The van der Waals surface area contributed by atoms with E-state index in [2.05, 4.69) is 28.2 Å². The van der Waals surface area contributed by atoms with E-state index in [0.717, 1.165) is 22.0 Å². The lowest BCUT2D eigenvalue weighted by atomic mass is 10.1. The Morgan fingerprint density at radius 2 is 2.00 bits per heavy atom. The normalized spacial score (nSPS) is 14.9. The number of halogens is 1. The SMILES string of the molecule is COc1ccc(OC)c(NC(=O)c2cn3c4c(cc(Br)cc4c2=O)C[C@H]3C)c1. The van der Waals surface area contributed by atoms with Crippen LogP contribution in [0.4, 0.5) is 5.69 Å². The van der Waals surface area contributed by atoms with Crippen molar-refractivity contribution in [1.82, 2.24) is 4.57 Å². The number of hydrogen-bond donors (Lipinski definition) is 1. The topological polar surface area (TPSA) is 69.6 Å². The maximum absolute atomic E-state index is 13.1. The maximum Gasteiger partial charge on any atom is 0.261 e. The first-order valence-electron chi connectivity index (χ1n) is 8.83. The molecule has 1 amide bonds. The molecule has 0 unspecified atom stereocenters. The summed E-state index contributed by atoms with van der Waals surface area (Å²) < 4.78 is 13.4. The largest absolute Gasteiger partial charge is 0.497 e. The summed E-state index contributed by atoms with van der Waals surface area (Å²) in [5.74, 6) is 0.577. The summed E-state index contributed by atoms with van der Waals surface area (Å²) in [7, 11) is 3.06. The molecule has 0 fully saturated rings. The molecule has 2 aromatic carbocycles. The highest BCUT2D eigenvalue weighted by Crippen LogP contribution is 2.34. The van der Waals surface area contributed by atoms with E-state index in [1.54, 1.807) is 37.6 Å². The Hall–Kier alpha value is -2.80. The van der Waals surface area contributed by atoms with Gasteiger partial charge in [0.25, 0.3) is 5.91 Å². The smallest absolute Gasteiger partial charge is 0.261 e. The van der Waals surface area contributed by atoms with E-state index in [1.165, 1.54) is 7.11 Å². The number of anilines is 1. The number of pyridine rings is 1. The van der Waals surface area contributed by atoms with E-state index in [-0.39, 0.29) is 17.0 Å². The first-order valence-corrected chi connectivity index (χ1v) is 9.63. The first-order chi connectivity index (χ1) is 13.4. The minimum Gasteiger partial charge on any atom is -0.497 e. The number of hydrogen-bond acceptors (Lipinski definition) is 4. The lowest BCUT2D eigenvalue weighted by molar-refractivity contribution is 0.102. The van der Waals surface area contributed by atoms with Crippen LogP contribution < -0.4 is 20.2 Å². The summed E-state index contributed by atoms with van der Waals surface area (Å²) in [5.41, 5.74) is 2.25. The van der Waals surface area contributed by atoms with Crippen LogP contribution in [0, 0.1) is 0 Å². The Labute approximate surface area is 170 Å². The minimum absolute atomic E-state index is 0.0928. The third-order valence-electron chi connectivity index (χ3n) is 5.06. The minimum atomic E-state index is -0.483. The number of nitrogens with zero attached hydrogens (tertiary/aromatic N) is 1. The Balaban J connectivity index is 1.82. The third-order valence-corrected chi connectivity index (χ3v) is 5.52. The Morgan fingerprint density at radius 1 is 1.21 bits per heavy atom. The Morgan fingerprint density at radius 3 is 2.71 bits per heavy atom. The van der Waals surface area contributed by atoms with Gasteiger partial charge in [-0.05, 0) is 43.2 Å². The van der Waals surface area contributed by atoms with Crippen molar-refractivity contribution in [2.24, 2.45) is 0 Å². The van der Waals surface area contributed by atoms with Gasteiger partial charge in [-0.3, -0.25) is 9.59 Å². The van der Waals surface area contributed by atoms with Crippen LogP contribution in [0.1, 0.15) is 28.9 Å². The molecule has 144 valence electrons. The molecule has 1 atom stereocenters. The molecule has 0 saturated carbocycles. The highest BCUT2D eigenvalue weighted by Gasteiger charge is 2.25. The molecule has 0 bridgehead atoms. The standard InChI is InChI=1S/C21H19BrN2O4/c1-11-6-12-7-13(22)8-15-19(12)24(11)10-16(20(15)25)21(26)23-17-9-14(27-2)4-5-18(17)28-3/h4-5,7-11H,6H2,1-3H3,(H,23,26)/t11-/m1/s1. The summed E-state index contributed by atoms with van der Waals surface area (Å²) in [6.07, 6.45) is 2.48. The molecular formula is C21H19BrN2O4. The summed E-state index contributed by atoms with van der Waals surface area (Å²) in [5, 5.41) is 3.33. The molecule has 4 rings (SSSR count). The lowest BCUT2D eigenvalue weighted by Gasteiger charge is -2.14. The summed E-state index contributed by atoms with van der Waals surface area (Å²) >= 11 is 3.47. The number of benzene rings is 2. The number of methoxy groups -OCH3 is 2. The van der Waals surface area contributed by atoms with E-state index in [4.69, 9.17) is 9.47 Å². The summed E-state index contributed by atoms with van der Waals surface area (Å²) in [4.78, 5) is 26.1. The molecule has 7 heteroatoms.